The van der Waals surface area contributed by atoms with Crippen molar-refractivity contribution in [3.63, 3.8) is 0 Å². The lowest BCUT2D eigenvalue weighted by atomic mass is 9.96. The predicted octanol–water partition coefficient (Wildman–Crippen LogP) is -0.175. The minimum Gasteiger partial charge on any atom is -0.469 e. The summed E-state index contributed by atoms with van der Waals surface area (Å²) in [7, 11) is 1.27. The van der Waals surface area contributed by atoms with Gasteiger partial charge in [-0.2, -0.15) is 0 Å². The molecule has 0 spiro atoms. The Balaban J connectivity index is 2.53. The third kappa shape index (κ3) is 1.76. The van der Waals surface area contributed by atoms with Crippen molar-refractivity contribution in [1.29, 1.82) is 0 Å². The van der Waals surface area contributed by atoms with Gasteiger partial charge in [-0.1, -0.05) is 0 Å². The molecule has 1 aliphatic carbocycles. The summed E-state index contributed by atoms with van der Waals surface area (Å²) in [6, 6.07) is 0. The fourth-order valence-corrected chi connectivity index (χ4v) is 1.57. The summed E-state index contributed by atoms with van der Waals surface area (Å²) in [6.45, 7) is 0. The molecule has 70 valence electrons. The molecule has 4 nitrogen and oxygen atoms in total. The number of rotatable bonds is 2. The fourth-order valence-electron chi connectivity index (χ4n) is 1.57. The van der Waals surface area contributed by atoms with Crippen molar-refractivity contribution in [3.05, 3.63) is 0 Å². The van der Waals surface area contributed by atoms with Crippen LogP contribution in [0.3, 0.4) is 0 Å². The van der Waals surface area contributed by atoms with Gasteiger partial charge in [-0.15, -0.1) is 0 Å². The summed E-state index contributed by atoms with van der Waals surface area (Å²) in [5, 5.41) is 19.0. The van der Waals surface area contributed by atoms with Crippen LogP contribution in [0.5, 0.6) is 0 Å². The highest BCUT2D eigenvalue weighted by Gasteiger charge is 2.42. The van der Waals surface area contributed by atoms with Crippen molar-refractivity contribution in [2.75, 3.05) is 7.11 Å². The largest absolute Gasteiger partial charge is 0.469 e. The summed E-state index contributed by atoms with van der Waals surface area (Å²) in [6.07, 6.45) is 0.910. The van der Waals surface area contributed by atoms with E-state index in [0.717, 1.165) is 6.42 Å². The summed E-state index contributed by atoms with van der Waals surface area (Å²) in [5.41, 5.74) is -1.24. The molecule has 1 fully saturated rings. The van der Waals surface area contributed by atoms with Crippen molar-refractivity contribution in [1.82, 2.24) is 0 Å². The van der Waals surface area contributed by atoms with Crippen LogP contribution in [0.15, 0.2) is 0 Å². The molecule has 1 aliphatic rings. The highest BCUT2D eigenvalue weighted by Crippen LogP contribution is 2.32. The van der Waals surface area contributed by atoms with Gasteiger partial charge < -0.3 is 14.9 Å². The molecule has 2 atom stereocenters. The predicted molar refractivity (Wildman–Crippen MR) is 41.4 cm³/mol. The van der Waals surface area contributed by atoms with Gasteiger partial charge in [0.15, 0.2) is 0 Å². The van der Waals surface area contributed by atoms with E-state index in [-0.39, 0.29) is 6.42 Å². The number of methoxy groups -OCH3 is 1. The minimum atomic E-state index is -1.24. The van der Waals surface area contributed by atoms with Gasteiger partial charge in [-0.25, -0.2) is 0 Å². The van der Waals surface area contributed by atoms with Crippen LogP contribution in [0.2, 0.25) is 0 Å². The number of hydrogen-bond donors (Lipinski definition) is 2. The molecule has 0 aliphatic heterocycles. The van der Waals surface area contributed by atoms with Crippen molar-refractivity contribution in [2.45, 2.75) is 37.4 Å². The SMILES string of the molecule is COC(=O)C[C@@]1(O)CCC[C@@H]1O. The van der Waals surface area contributed by atoms with E-state index in [0.29, 0.717) is 12.8 Å². The van der Waals surface area contributed by atoms with Gasteiger partial charge in [0.25, 0.3) is 0 Å². The molecule has 0 heterocycles. The number of carbonyl (C=O) groups is 1. The average Bonchev–Trinajstić information content (AvgIpc) is 2.32. The van der Waals surface area contributed by atoms with Crippen LogP contribution in [0, 0.1) is 0 Å². The lowest BCUT2D eigenvalue weighted by Crippen LogP contribution is -2.39. The van der Waals surface area contributed by atoms with E-state index >= 15 is 0 Å². The smallest absolute Gasteiger partial charge is 0.308 e. The molecule has 0 aromatic heterocycles. The second kappa shape index (κ2) is 3.41. The maximum Gasteiger partial charge on any atom is 0.308 e. The van der Waals surface area contributed by atoms with Crippen molar-refractivity contribution >= 4 is 5.97 Å². The Morgan fingerprint density at radius 3 is 2.83 bits per heavy atom. The molecule has 0 bridgehead atoms. The van der Waals surface area contributed by atoms with Gasteiger partial charge in [0.2, 0.25) is 0 Å². The Morgan fingerprint density at radius 1 is 1.75 bits per heavy atom. The first-order valence-electron chi connectivity index (χ1n) is 4.06. The highest BCUT2D eigenvalue weighted by molar-refractivity contribution is 5.70. The molecular weight excluding hydrogens is 160 g/mol. The topological polar surface area (TPSA) is 66.8 Å². The molecule has 4 heteroatoms. The number of hydrogen-bond acceptors (Lipinski definition) is 4. The van der Waals surface area contributed by atoms with E-state index in [1.54, 1.807) is 0 Å². The quantitative estimate of drug-likeness (QED) is 0.570. The van der Waals surface area contributed by atoms with E-state index in [9.17, 15) is 15.0 Å². The van der Waals surface area contributed by atoms with Crippen LogP contribution in [0.25, 0.3) is 0 Å². The standard InChI is InChI=1S/C8H14O4/c1-12-7(10)5-8(11)4-2-3-6(8)9/h6,9,11H,2-5H2,1H3/t6-,8-/m0/s1. The van der Waals surface area contributed by atoms with Crippen LogP contribution in [-0.2, 0) is 9.53 Å². The Kier molecular flexibility index (Phi) is 2.69. The average molecular weight is 174 g/mol. The fraction of sp³-hybridized carbons (Fsp3) is 0.875. The summed E-state index contributed by atoms with van der Waals surface area (Å²) >= 11 is 0. The van der Waals surface area contributed by atoms with E-state index in [2.05, 4.69) is 4.74 Å². The zero-order valence-corrected chi connectivity index (χ0v) is 7.12. The van der Waals surface area contributed by atoms with Gasteiger partial charge in [0.05, 0.1) is 19.6 Å². The first-order valence-corrected chi connectivity index (χ1v) is 4.06. The van der Waals surface area contributed by atoms with Crippen molar-refractivity contribution in [3.8, 4) is 0 Å². The van der Waals surface area contributed by atoms with Crippen molar-refractivity contribution < 1.29 is 19.7 Å². The lowest BCUT2D eigenvalue weighted by Gasteiger charge is -2.24. The maximum atomic E-state index is 10.8. The molecule has 1 rings (SSSR count). The Labute approximate surface area is 71.2 Å². The molecule has 0 unspecified atom stereocenters. The summed E-state index contributed by atoms with van der Waals surface area (Å²) < 4.78 is 4.42. The first kappa shape index (κ1) is 9.48. The maximum absolute atomic E-state index is 10.8. The molecule has 0 saturated heterocycles. The molecule has 0 aromatic carbocycles. The van der Waals surface area contributed by atoms with Crippen molar-refractivity contribution in [2.24, 2.45) is 0 Å². The number of ether oxygens (including phenoxy) is 1. The monoisotopic (exact) mass is 174 g/mol. The second-order valence-electron chi connectivity index (χ2n) is 3.26. The van der Waals surface area contributed by atoms with Crippen LogP contribution < -0.4 is 0 Å². The molecule has 0 amide bonds. The molecule has 2 N–H and O–H groups in total. The third-order valence-electron chi connectivity index (χ3n) is 2.39. The van der Waals surface area contributed by atoms with Gasteiger partial charge in [-0.3, -0.25) is 4.79 Å². The lowest BCUT2D eigenvalue weighted by molar-refractivity contribution is -0.150. The Morgan fingerprint density at radius 2 is 2.42 bits per heavy atom. The van der Waals surface area contributed by atoms with E-state index in [4.69, 9.17) is 0 Å². The third-order valence-corrected chi connectivity index (χ3v) is 2.39. The molecular formula is C8H14O4. The number of carbonyl (C=O) groups excluding carboxylic acids is 1. The van der Waals surface area contributed by atoms with Gasteiger partial charge in [-0.05, 0) is 19.3 Å². The molecule has 12 heavy (non-hydrogen) atoms. The van der Waals surface area contributed by atoms with Gasteiger partial charge in [0.1, 0.15) is 5.60 Å². The van der Waals surface area contributed by atoms with Crippen LogP contribution in [0.1, 0.15) is 25.7 Å². The zero-order chi connectivity index (χ0) is 9.19. The zero-order valence-electron chi connectivity index (χ0n) is 7.12. The highest BCUT2D eigenvalue weighted by atomic mass is 16.5. The second-order valence-corrected chi connectivity index (χ2v) is 3.26. The Hall–Kier alpha value is -0.610. The summed E-state index contributed by atoms with van der Waals surface area (Å²) in [5.74, 6) is -0.474. The van der Waals surface area contributed by atoms with Crippen LogP contribution in [-0.4, -0.2) is 35.0 Å². The first-order chi connectivity index (χ1) is 5.58. The van der Waals surface area contributed by atoms with E-state index in [1.165, 1.54) is 7.11 Å². The minimum absolute atomic E-state index is 0.106. The van der Waals surface area contributed by atoms with Crippen LogP contribution >= 0.6 is 0 Å². The summed E-state index contributed by atoms with van der Waals surface area (Å²) in [4.78, 5) is 10.8. The van der Waals surface area contributed by atoms with Crippen LogP contribution in [0.4, 0.5) is 0 Å². The molecule has 1 saturated carbocycles. The molecule has 0 aromatic rings. The number of aliphatic hydroxyl groups excluding tert-OH is 1. The Bertz CT molecular complexity index is 180. The van der Waals surface area contributed by atoms with E-state index in [1.807, 2.05) is 0 Å². The number of esters is 1. The number of aliphatic hydroxyl groups is 2. The molecule has 0 radical (unpaired) electrons. The van der Waals surface area contributed by atoms with E-state index < -0.39 is 17.7 Å². The normalized spacial score (nSPS) is 35.1. The van der Waals surface area contributed by atoms with Gasteiger partial charge >= 0.3 is 5.97 Å². The van der Waals surface area contributed by atoms with Gasteiger partial charge in [0, 0.05) is 0 Å².